The number of rotatable bonds is 2. The molecule has 11 heavy (non-hydrogen) atoms. The van der Waals surface area contributed by atoms with Gasteiger partial charge in [0.05, 0.1) is 6.10 Å². The third-order valence-electron chi connectivity index (χ3n) is 1.66. The van der Waals surface area contributed by atoms with Gasteiger partial charge >= 0.3 is 0 Å². The fraction of sp³-hybridized carbons (Fsp3) is 1.00. The van der Waals surface area contributed by atoms with Crippen molar-refractivity contribution in [3.05, 3.63) is 0 Å². The van der Waals surface area contributed by atoms with Crippen LogP contribution < -0.4 is 0 Å². The fourth-order valence-corrected chi connectivity index (χ4v) is 2.37. The van der Waals surface area contributed by atoms with E-state index in [0.29, 0.717) is 13.0 Å². The molecule has 4 nitrogen and oxygen atoms in total. The fourth-order valence-electron chi connectivity index (χ4n) is 1.03. The number of aliphatic hydroxyl groups is 1. The summed E-state index contributed by atoms with van der Waals surface area (Å²) < 4.78 is 23.3. The molecule has 0 aromatic carbocycles. The van der Waals surface area contributed by atoms with E-state index in [0.717, 1.165) is 0 Å². The lowest BCUT2D eigenvalue weighted by atomic mass is 10.3. The van der Waals surface area contributed by atoms with Crippen LogP contribution in [0.4, 0.5) is 0 Å². The van der Waals surface area contributed by atoms with Crippen molar-refractivity contribution >= 4 is 21.6 Å². The van der Waals surface area contributed by atoms with Crippen LogP contribution in [-0.2, 0) is 10.0 Å². The largest absolute Gasteiger partial charge is 0.392 e. The zero-order valence-corrected chi connectivity index (χ0v) is 7.48. The Morgan fingerprint density at radius 2 is 2.27 bits per heavy atom. The molecule has 0 bridgehead atoms. The molecule has 0 spiro atoms. The first kappa shape index (κ1) is 9.25. The smallest absolute Gasteiger partial charge is 0.228 e. The molecule has 66 valence electrons. The summed E-state index contributed by atoms with van der Waals surface area (Å²) in [5.74, 6) is 0. The molecule has 0 saturated carbocycles. The topological polar surface area (TPSA) is 57.6 Å². The normalized spacial score (nSPS) is 27.6. The maximum atomic E-state index is 11.0. The Morgan fingerprint density at radius 1 is 1.64 bits per heavy atom. The van der Waals surface area contributed by atoms with Crippen molar-refractivity contribution in [3.8, 4) is 0 Å². The Balaban J connectivity index is 2.64. The van der Waals surface area contributed by atoms with Gasteiger partial charge in [0.1, 0.15) is 5.21 Å². The van der Waals surface area contributed by atoms with Gasteiger partial charge < -0.3 is 5.11 Å². The van der Waals surface area contributed by atoms with E-state index in [4.69, 9.17) is 16.7 Å². The molecule has 0 aromatic rings. The second-order valence-corrected chi connectivity index (χ2v) is 5.07. The van der Waals surface area contributed by atoms with E-state index in [1.807, 2.05) is 0 Å². The van der Waals surface area contributed by atoms with E-state index >= 15 is 0 Å². The van der Waals surface area contributed by atoms with Crippen molar-refractivity contribution < 1.29 is 13.5 Å². The van der Waals surface area contributed by atoms with Crippen molar-refractivity contribution in [2.24, 2.45) is 0 Å². The average molecular weight is 200 g/mol. The highest BCUT2D eigenvalue weighted by Crippen LogP contribution is 2.14. The molecule has 0 amide bonds. The second-order valence-electron chi connectivity index (χ2n) is 2.52. The summed E-state index contributed by atoms with van der Waals surface area (Å²) >= 11 is 5.21. The molecule has 1 heterocycles. The third kappa shape index (κ3) is 2.05. The second kappa shape index (κ2) is 3.26. The van der Waals surface area contributed by atoms with Gasteiger partial charge in [-0.3, -0.25) is 0 Å². The van der Waals surface area contributed by atoms with Gasteiger partial charge in [0.2, 0.25) is 10.0 Å². The third-order valence-corrected chi connectivity index (χ3v) is 3.88. The van der Waals surface area contributed by atoms with Crippen LogP contribution in [0.5, 0.6) is 0 Å². The number of halogens is 1. The minimum Gasteiger partial charge on any atom is -0.392 e. The number of alkyl halides is 1. The molecule has 1 atom stereocenters. The lowest BCUT2D eigenvalue weighted by Gasteiger charge is -2.12. The Morgan fingerprint density at radius 3 is 2.64 bits per heavy atom. The lowest BCUT2D eigenvalue weighted by Crippen LogP contribution is -2.30. The van der Waals surface area contributed by atoms with Crippen LogP contribution in [0, 0.1) is 0 Å². The molecule has 0 aliphatic carbocycles. The predicted molar refractivity (Wildman–Crippen MR) is 41.8 cm³/mol. The molecule has 1 N–H and O–H groups in total. The van der Waals surface area contributed by atoms with Crippen LogP contribution in [-0.4, -0.2) is 42.2 Å². The minimum atomic E-state index is -3.29. The number of sulfonamides is 1. The van der Waals surface area contributed by atoms with E-state index in [-0.39, 0.29) is 6.54 Å². The van der Waals surface area contributed by atoms with Crippen LogP contribution in [0.1, 0.15) is 6.42 Å². The molecule has 0 radical (unpaired) electrons. The van der Waals surface area contributed by atoms with Crippen molar-refractivity contribution in [1.29, 1.82) is 0 Å². The molecular formula is C5H10ClNO3S. The van der Waals surface area contributed by atoms with Gasteiger partial charge in [-0.25, -0.2) is 8.42 Å². The predicted octanol–water partition coefficient (Wildman–Crippen LogP) is -0.421. The zero-order valence-electron chi connectivity index (χ0n) is 5.90. The van der Waals surface area contributed by atoms with Crippen LogP contribution in [0.3, 0.4) is 0 Å². The summed E-state index contributed by atoms with van der Waals surface area (Å²) in [4.78, 5) is 0. The summed E-state index contributed by atoms with van der Waals surface area (Å²) in [6.45, 7) is 0.575. The van der Waals surface area contributed by atoms with Crippen molar-refractivity contribution in [1.82, 2.24) is 4.31 Å². The van der Waals surface area contributed by atoms with Crippen molar-refractivity contribution in [2.45, 2.75) is 12.5 Å². The molecule has 1 aliphatic rings. The van der Waals surface area contributed by atoms with Crippen molar-refractivity contribution in [2.75, 3.05) is 18.3 Å². The first-order chi connectivity index (χ1) is 5.06. The van der Waals surface area contributed by atoms with Crippen LogP contribution in [0.15, 0.2) is 0 Å². The Bertz CT molecular complexity index is 228. The summed E-state index contributed by atoms with van der Waals surface area (Å²) in [6.07, 6.45) is -0.0103. The lowest BCUT2D eigenvalue weighted by molar-refractivity contribution is 0.189. The monoisotopic (exact) mass is 199 g/mol. The van der Waals surface area contributed by atoms with E-state index in [2.05, 4.69) is 0 Å². The van der Waals surface area contributed by atoms with E-state index < -0.39 is 21.3 Å². The highest BCUT2D eigenvalue weighted by atomic mass is 35.5. The molecule has 6 heteroatoms. The zero-order chi connectivity index (χ0) is 8.48. The minimum absolute atomic E-state index is 0.190. The summed E-state index contributed by atoms with van der Waals surface area (Å²) in [5.41, 5.74) is 0. The average Bonchev–Trinajstić information content (AvgIpc) is 2.36. The number of hydrogen-bond acceptors (Lipinski definition) is 3. The highest BCUT2D eigenvalue weighted by Gasteiger charge is 2.29. The summed E-state index contributed by atoms with van der Waals surface area (Å²) in [5, 5.41) is 8.61. The molecule has 0 aromatic heterocycles. The highest BCUT2D eigenvalue weighted by molar-refractivity contribution is 7.90. The van der Waals surface area contributed by atoms with E-state index in [1.165, 1.54) is 4.31 Å². The first-order valence-corrected chi connectivity index (χ1v) is 5.42. The number of β-amino-alcohol motifs (C(OH)–C–C–N with tert-alkyl or cyclic N) is 1. The molecule has 0 unspecified atom stereocenters. The van der Waals surface area contributed by atoms with Crippen LogP contribution >= 0.6 is 11.6 Å². The SMILES string of the molecule is O=S(=O)(CCl)N1CC[C@@H](O)C1. The molecule has 1 saturated heterocycles. The van der Waals surface area contributed by atoms with Gasteiger partial charge in [0.25, 0.3) is 0 Å². The molecule has 1 rings (SSSR count). The standard InChI is InChI=1S/C5H10ClNO3S/c6-4-11(9,10)7-2-1-5(8)3-7/h5,8H,1-4H2/t5-/m1/s1. The Kier molecular flexibility index (Phi) is 2.74. The van der Waals surface area contributed by atoms with Crippen LogP contribution in [0.25, 0.3) is 0 Å². The van der Waals surface area contributed by atoms with Crippen LogP contribution in [0.2, 0.25) is 0 Å². The van der Waals surface area contributed by atoms with Gasteiger partial charge in [0, 0.05) is 13.1 Å². The maximum absolute atomic E-state index is 11.0. The number of aliphatic hydroxyl groups excluding tert-OH is 1. The van der Waals surface area contributed by atoms with Gasteiger partial charge in [0.15, 0.2) is 0 Å². The maximum Gasteiger partial charge on any atom is 0.228 e. The molecular weight excluding hydrogens is 190 g/mol. The number of hydrogen-bond donors (Lipinski definition) is 1. The van der Waals surface area contributed by atoms with Gasteiger partial charge in [-0.05, 0) is 6.42 Å². The Hall–Kier alpha value is 0.160. The number of nitrogens with zero attached hydrogens (tertiary/aromatic N) is 1. The summed E-state index contributed by atoms with van der Waals surface area (Å²) in [6, 6.07) is 0. The van der Waals surface area contributed by atoms with Crippen molar-refractivity contribution in [3.63, 3.8) is 0 Å². The van der Waals surface area contributed by atoms with Gasteiger partial charge in [-0.15, -0.1) is 11.6 Å². The Labute approximate surface area is 70.8 Å². The first-order valence-electron chi connectivity index (χ1n) is 3.28. The van der Waals surface area contributed by atoms with Gasteiger partial charge in [-0.1, -0.05) is 0 Å². The molecule has 1 fully saturated rings. The van der Waals surface area contributed by atoms with Gasteiger partial charge in [-0.2, -0.15) is 4.31 Å². The quantitative estimate of drug-likeness (QED) is 0.615. The summed E-state index contributed by atoms with van der Waals surface area (Å²) in [7, 11) is -3.29. The van der Waals surface area contributed by atoms with E-state index in [9.17, 15) is 8.42 Å². The van der Waals surface area contributed by atoms with E-state index in [1.54, 1.807) is 0 Å². The molecule has 1 aliphatic heterocycles.